The summed E-state index contributed by atoms with van der Waals surface area (Å²) >= 11 is 3.44. The van der Waals surface area contributed by atoms with Crippen LogP contribution in [0, 0.1) is 5.92 Å². The van der Waals surface area contributed by atoms with Gasteiger partial charge < -0.3 is 14.7 Å². The highest BCUT2D eigenvalue weighted by Crippen LogP contribution is 2.28. The summed E-state index contributed by atoms with van der Waals surface area (Å²) in [6.45, 7) is 2.99. The van der Waals surface area contributed by atoms with E-state index in [4.69, 9.17) is 0 Å². The van der Waals surface area contributed by atoms with Crippen LogP contribution in [0.2, 0.25) is 0 Å². The molecular weight excluding hydrogens is 474 g/mol. The quantitative estimate of drug-likeness (QED) is 0.550. The van der Waals surface area contributed by atoms with Crippen LogP contribution in [0.15, 0.2) is 59.6 Å². The Labute approximate surface area is 193 Å². The van der Waals surface area contributed by atoms with Crippen LogP contribution in [0.4, 0.5) is 11.5 Å². The number of aromatic nitrogens is 4. The number of hydrogen-bond donors (Lipinski definition) is 0. The van der Waals surface area contributed by atoms with Crippen molar-refractivity contribution in [3.8, 4) is 5.82 Å². The van der Waals surface area contributed by atoms with Gasteiger partial charge in [-0.15, -0.1) is 10.2 Å². The zero-order chi connectivity index (χ0) is 22.1. The van der Waals surface area contributed by atoms with E-state index in [1.54, 1.807) is 22.0 Å². The van der Waals surface area contributed by atoms with E-state index in [1.807, 2.05) is 47.5 Å². The Kier molecular flexibility index (Phi) is 5.60. The molecule has 2 fully saturated rings. The molecule has 0 saturated carbocycles. The molecule has 0 aliphatic carbocycles. The molecule has 5 rings (SSSR count). The standard InChI is InChI=1S/C22H22BrN7O2/c23-17-2-1-3-18(13-17)30-14-16(12-21(30)31)22(32)28-10-8-27(9-11-28)19-4-5-20(26-25-19)29-7-6-24-15-29/h1-7,13,15-16H,8-12,14H2. The predicted molar refractivity (Wildman–Crippen MR) is 123 cm³/mol. The lowest BCUT2D eigenvalue weighted by Gasteiger charge is -2.36. The molecule has 9 nitrogen and oxygen atoms in total. The van der Waals surface area contributed by atoms with Crippen LogP contribution in [-0.4, -0.2) is 69.2 Å². The third kappa shape index (κ3) is 4.10. The van der Waals surface area contributed by atoms with Crippen LogP contribution < -0.4 is 9.80 Å². The number of nitrogens with zero attached hydrogens (tertiary/aromatic N) is 7. The smallest absolute Gasteiger partial charge is 0.228 e. The fraction of sp³-hybridized carbons (Fsp3) is 0.318. The van der Waals surface area contributed by atoms with Crippen LogP contribution in [0.3, 0.4) is 0 Å². The average Bonchev–Trinajstić information content (AvgIpc) is 3.49. The van der Waals surface area contributed by atoms with Gasteiger partial charge in [-0.3, -0.25) is 14.2 Å². The Morgan fingerprint density at radius 1 is 1.03 bits per heavy atom. The van der Waals surface area contributed by atoms with Crippen molar-refractivity contribution in [2.45, 2.75) is 6.42 Å². The highest BCUT2D eigenvalue weighted by atomic mass is 79.9. The maximum atomic E-state index is 13.1. The number of halogens is 1. The van der Waals surface area contributed by atoms with E-state index in [0.717, 1.165) is 16.0 Å². The van der Waals surface area contributed by atoms with E-state index in [1.165, 1.54) is 0 Å². The van der Waals surface area contributed by atoms with Gasteiger partial charge in [-0.1, -0.05) is 22.0 Å². The molecule has 10 heteroatoms. The molecule has 1 atom stereocenters. The molecule has 2 aromatic heterocycles. The van der Waals surface area contributed by atoms with Gasteiger partial charge >= 0.3 is 0 Å². The normalized spacial score (nSPS) is 19.0. The van der Waals surface area contributed by atoms with Gasteiger partial charge in [0.25, 0.3) is 0 Å². The molecular formula is C22H22BrN7O2. The molecule has 4 heterocycles. The molecule has 1 aromatic carbocycles. The molecule has 0 spiro atoms. The lowest BCUT2D eigenvalue weighted by molar-refractivity contribution is -0.136. The van der Waals surface area contributed by atoms with Crippen LogP contribution >= 0.6 is 15.9 Å². The first-order chi connectivity index (χ1) is 15.6. The monoisotopic (exact) mass is 495 g/mol. The minimum absolute atomic E-state index is 0.00616. The Hall–Kier alpha value is -3.27. The van der Waals surface area contributed by atoms with E-state index < -0.39 is 0 Å². The van der Waals surface area contributed by atoms with E-state index in [-0.39, 0.29) is 24.2 Å². The van der Waals surface area contributed by atoms with Gasteiger partial charge in [0.15, 0.2) is 11.6 Å². The zero-order valence-electron chi connectivity index (χ0n) is 17.3. The molecule has 3 aromatic rings. The van der Waals surface area contributed by atoms with Crippen molar-refractivity contribution in [3.63, 3.8) is 0 Å². The van der Waals surface area contributed by atoms with Crippen LogP contribution in [0.5, 0.6) is 0 Å². The van der Waals surface area contributed by atoms with Crippen LogP contribution in [0.1, 0.15) is 6.42 Å². The fourth-order valence-corrected chi connectivity index (χ4v) is 4.59. The second-order valence-corrected chi connectivity index (χ2v) is 8.83. The van der Waals surface area contributed by atoms with Crippen molar-refractivity contribution in [2.24, 2.45) is 5.92 Å². The molecule has 0 N–H and O–H groups in total. The summed E-state index contributed by atoms with van der Waals surface area (Å²) in [5, 5.41) is 8.60. The van der Waals surface area contributed by atoms with Gasteiger partial charge in [0.2, 0.25) is 11.8 Å². The SMILES string of the molecule is O=C(C1CC(=O)N(c2cccc(Br)c2)C1)N1CCN(c2ccc(-n3ccnc3)nn2)CC1. The number of piperazine rings is 1. The number of hydrogen-bond acceptors (Lipinski definition) is 6. The van der Waals surface area contributed by atoms with Gasteiger partial charge in [-0.2, -0.15) is 0 Å². The molecule has 0 radical (unpaired) electrons. The van der Waals surface area contributed by atoms with Crippen molar-refractivity contribution in [1.29, 1.82) is 0 Å². The number of carbonyl (C=O) groups is 2. The molecule has 164 valence electrons. The van der Waals surface area contributed by atoms with Crippen LogP contribution in [0.25, 0.3) is 5.82 Å². The van der Waals surface area contributed by atoms with Gasteiger partial charge in [-0.05, 0) is 30.3 Å². The van der Waals surface area contributed by atoms with Gasteiger partial charge in [0.1, 0.15) is 6.33 Å². The van der Waals surface area contributed by atoms with Crippen molar-refractivity contribution in [3.05, 3.63) is 59.6 Å². The second-order valence-electron chi connectivity index (χ2n) is 7.92. The molecule has 2 saturated heterocycles. The highest BCUT2D eigenvalue weighted by Gasteiger charge is 2.38. The van der Waals surface area contributed by atoms with Crippen molar-refractivity contribution < 1.29 is 9.59 Å². The van der Waals surface area contributed by atoms with Crippen molar-refractivity contribution in [1.82, 2.24) is 24.6 Å². The maximum absolute atomic E-state index is 13.1. The largest absolute Gasteiger partial charge is 0.352 e. The van der Waals surface area contributed by atoms with Gasteiger partial charge in [0.05, 0.1) is 5.92 Å². The van der Waals surface area contributed by atoms with E-state index >= 15 is 0 Å². The first kappa shape index (κ1) is 20.6. The summed E-state index contributed by atoms with van der Waals surface area (Å²) in [6, 6.07) is 11.5. The maximum Gasteiger partial charge on any atom is 0.228 e. The Morgan fingerprint density at radius 2 is 1.81 bits per heavy atom. The van der Waals surface area contributed by atoms with E-state index in [0.29, 0.717) is 38.5 Å². The second kappa shape index (κ2) is 8.70. The van der Waals surface area contributed by atoms with E-state index in [2.05, 4.69) is 36.0 Å². The average molecular weight is 496 g/mol. The number of benzene rings is 1. The third-order valence-corrected chi connectivity index (χ3v) is 6.41. The molecule has 2 amide bonds. The van der Waals surface area contributed by atoms with Crippen LogP contribution in [-0.2, 0) is 9.59 Å². The molecule has 32 heavy (non-hydrogen) atoms. The Bertz CT molecular complexity index is 1110. The summed E-state index contributed by atoms with van der Waals surface area (Å²) in [5.41, 5.74) is 0.821. The number of imidazole rings is 1. The predicted octanol–water partition coefficient (Wildman–Crippen LogP) is 2.13. The molecule has 0 bridgehead atoms. The zero-order valence-corrected chi connectivity index (χ0v) is 18.9. The van der Waals surface area contributed by atoms with Gasteiger partial charge in [-0.25, -0.2) is 4.98 Å². The highest BCUT2D eigenvalue weighted by molar-refractivity contribution is 9.10. The Balaban J connectivity index is 1.18. The van der Waals surface area contributed by atoms with Crippen molar-refractivity contribution >= 4 is 39.2 Å². The summed E-state index contributed by atoms with van der Waals surface area (Å²) in [6.07, 6.45) is 5.45. The fourth-order valence-electron chi connectivity index (χ4n) is 4.20. The first-order valence-corrected chi connectivity index (χ1v) is 11.3. The summed E-state index contributed by atoms with van der Waals surface area (Å²) in [7, 11) is 0. The lowest BCUT2D eigenvalue weighted by Crippen LogP contribution is -2.51. The lowest BCUT2D eigenvalue weighted by atomic mass is 10.1. The van der Waals surface area contributed by atoms with Gasteiger partial charge in [0, 0.05) is 61.7 Å². The minimum Gasteiger partial charge on any atom is -0.352 e. The number of anilines is 2. The minimum atomic E-state index is -0.303. The molecule has 1 unspecified atom stereocenters. The summed E-state index contributed by atoms with van der Waals surface area (Å²) in [4.78, 5) is 35.4. The molecule has 2 aliphatic rings. The topological polar surface area (TPSA) is 87.5 Å². The molecule has 2 aliphatic heterocycles. The number of rotatable bonds is 4. The van der Waals surface area contributed by atoms with Crippen molar-refractivity contribution in [2.75, 3.05) is 42.5 Å². The number of carbonyl (C=O) groups excluding carboxylic acids is 2. The summed E-state index contributed by atoms with van der Waals surface area (Å²) in [5.74, 6) is 1.24. The third-order valence-electron chi connectivity index (χ3n) is 5.91. The summed E-state index contributed by atoms with van der Waals surface area (Å²) < 4.78 is 2.71. The first-order valence-electron chi connectivity index (χ1n) is 10.5. The Morgan fingerprint density at radius 3 is 2.50 bits per heavy atom. The number of amides is 2. The van der Waals surface area contributed by atoms with E-state index in [9.17, 15) is 9.59 Å².